The van der Waals surface area contributed by atoms with Crippen LogP contribution in [0, 0.1) is 0 Å². The number of carbonyl (C=O) groups excluding carboxylic acids is 1. The van der Waals surface area contributed by atoms with E-state index in [1.165, 1.54) is 0 Å². The van der Waals surface area contributed by atoms with Crippen LogP contribution in [0.5, 0.6) is 0 Å². The molecule has 1 aromatic carbocycles. The molecule has 0 spiro atoms. The lowest BCUT2D eigenvalue weighted by Crippen LogP contribution is -2.46. The summed E-state index contributed by atoms with van der Waals surface area (Å²) in [6.45, 7) is 16.6. The van der Waals surface area contributed by atoms with Gasteiger partial charge in [-0.15, -0.1) is 0 Å². The number of likely N-dealkylation sites (tertiary alicyclic amines) is 1. The third-order valence-electron chi connectivity index (χ3n) is 6.80. The number of fused-ring (bicyclic) bond motifs is 1. The molecule has 1 amide bonds. The predicted octanol–water partition coefficient (Wildman–Crippen LogP) is 4.11. The first-order valence-electron chi connectivity index (χ1n) is 11.1. The zero-order chi connectivity index (χ0) is 22.8. The van der Waals surface area contributed by atoms with Gasteiger partial charge in [0.05, 0.1) is 22.2 Å². The van der Waals surface area contributed by atoms with Gasteiger partial charge < -0.3 is 19.0 Å². The number of aromatic amines is 1. The van der Waals surface area contributed by atoms with Crippen molar-refractivity contribution in [3.63, 3.8) is 0 Å². The van der Waals surface area contributed by atoms with Crippen LogP contribution in [0.2, 0.25) is 0 Å². The van der Waals surface area contributed by atoms with Gasteiger partial charge in [0.2, 0.25) is 0 Å². The Morgan fingerprint density at radius 1 is 1.16 bits per heavy atom. The number of hydrogen-bond donors (Lipinski definition) is 1. The number of carbonyl (C=O) groups is 1. The van der Waals surface area contributed by atoms with Gasteiger partial charge in [-0.25, -0.2) is 9.78 Å². The van der Waals surface area contributed by atoms with Crippen LogP contribution in [0.3, 0.4) is 0 Å². The SMILES string of the molecule is CC(C)(C)OC(=O)N1CCCC1(C)c1nc2ccc(B3OC(C)(C)C(C)(C)O3)cc2[nH]1. The molecule has 1 unspecified atom stereocenters. The molecular weight excluding hydrogens is 393 g/mol. The monoisotopic (exact) mass is 427 g/mol. The van der Waals surface area contributed by atoms with Crippen LogP contribution >= 0.6 is 0 Å². The van der Waals surface area contributed by atoms with Crippen molar-refractivity contribution in [2.45, 2.75) is 90.6 Å². The van der Waals surface area contributed by atoms with Crippen LogP contribution in [0.15, 0.2) is 18.2 Å². The molecule has 2 aromatic rings. The molecule has 3 heterocycles. The van der Waals surface area contributed by atoms with E-state index in [1.807, 2.05) is 66.7 Å². The molecule has 0 radical (unpaired) electrons. The second-order valence-corrected chi connectivity index (χ2v) is 11.0. The Labute approximate surface area is 185 Å². The Kier molecular flexibility index (Phi) is 4.98. The summed E-state index contributed by atoms with van der Waals surface area (Å²) in [5, 5.41) is 0. The van der Waals surface area contributed by atoms with Crippen LogP contribution in [0.4, 0.5) is 4.79 Å². The molecule has 2 aliphatic rings. The van der Waals surface area contributed by atoms with E-state index in [0.29, 0.717) is 6.54 Å². The molecule has 31 heavy (non-hydrogen) atoms. The van der Waals surface area contributed by atoms with Gasteiger partial charge in [-0.3, -0.25) is 4.90 Å². The summed E-state index contributed by atoms with van der Waals surface area (Å²) in [5.41, 5.74) is 0.848. The largest absolute Gasteiger partial charge is 0.494 e. The minimum absolute atomic E-state index is 0.300. The van der Waals surface area contributed by atoms with Crippen LogP contribution in [0.25, 0.3) is 11.0 Å². The summed E-state index contributed by atoms with van der Waals surface area (Å²) in [6.07, 6.45) is 1.44. The number of nitrogens with one attached hydrogen (secondary N) is 1. The number of nitrogens with zero attached hydrogens (tertiary/aromatic N) is 2. The van der Waals surface area contributed by atoms with E-state index in [2.05, 4.69) is 11.9 Å². The van der Waals surface area contributed by atoms with Crippen LogP contribution in [0.1, 0.15) is 74.1 Å². The van der Waals surface area contributed by atoms with E-state index in [1.54, 1.807) is 4.90 Å². The van der Waals surface area contributed by atoms with E-state index >= 15 is 0 Å². The molecule has 1 atom stereocenters. The summed E-state index contributed by atoms with van der Waals surface area (Å²) in [6, 6.07) is 6.01. The Balaban J connectivity index is 1.63. The van der Waals surface area contributed by atoms with Gasteiger partial charge in [-0.2, -0.15) is 0 Å². The first-order chi connectivity index (χ1) is 14.2. The Morgan fingerprint density at radius 2 is 1.81 bits per heavy atom. The number of ether oxygens (including phenoxy) is 1. The molecule has 2 fully saturated rings. The van der Waals surface area contributed by atoms with Crippen molar-refractivity contribution in [2.75, 3.05) is 6.54 Å². The predicted molar refractivity (Wildman–Crippen MR) is 121 cm³/mol. The number of aromatic nitrogens is 2. The highest BCUT2D eigenvalue weighted by molar-refractivity contribution is 6.62. The van der Waals surface area contributed by atoms with Crippen LogP contribution in [-0.4, -0.2) is 51.4 Å². The number of benzene rings is 1. The molecule has 8 heteroatoms. The minimum atomic E-state index is -0.536. The van der Waals surface area contributed by atoms with Crippen molar-refractivity contribution in [1.82, 2.24) is 14.9 Å². The Morgan fingerprint density at radius 3 is 2.42 bits per heavy atom. The fourth-order valence-corrected chi connectivity index (χ4v) is 4.23. The van der Waals surface area contributed by atoms with E-state index in [4.69, 9.17) is 19.0 Å². The topological polar surface area (TPSA) is 76.7 Å². The van der Waals surface area contributed by atoms with Gasteiger partial charge in [-0.1, -0.05) is 6.07 Å². The van der Waals surface area contributed by atoms with Gasteiger partial charge in [0.25, 0.3) is 0 Å². The van der Waals surface area contributed by atoms with E-state index in [9.17, 15) is 4.79 Å². The highest BCUT2D eigenvalue weighted by Crippen LogP contribution is 2.39. The van der Waals surface area contributed by atoms with Gasteiger partial charge in [0, 0.05) is 6.54 Å². The minimum Gasteiger partial charge on any atom is -0.444 e. The van der Waals surface area contributed by atoms with Crippen molar-refractivity contribution in [3.8, 4) is 0 Å². The molecule has 4 rings (SSSR count). The zero-order valence-electron chi connectivity index (χ0n) is 20.0. The molecule has 1 aromatic heterocycles. The molecule has 7 nitrogen and oxygen atoms in total. The molecule has 0 aliphatic carbocycles. The van der Waals surface area contributed by atoms with Crippen LogP contribution < -0.4 is 5.46 Å². The van der Waals surface area contributed by atoms with Crippen molar-refractivity contribution < 1.29 is 18.8 Å². The summed E-state index contributed by atoms with van der Waals surface area (Å²) < 4.78 is 18.0. The van der Waals surface area contributed by atoms with E-state index in [0.717, 1.165) is 35.2 Å². The smallest absolute Gasteiger partial charge is 0.444 e. The number of amides is 1. The number of H-pyrrole nitrogens is 1. The number of imidazole rings is 1. The third kappa shape index (κ3) is 3.84. The molecule has 0 bridgehead atoms. The van der Waals surface area contributed by atoms with Crippen molar-refractivity contribution in [1.29, 1.82) is 0 Å². The molecule has 168 valence electrons. The van der Waals surface area contributed by atoms with Gasteiger partial charge >= 0.3 is 13.2 Å². The highest BCUT2D eigenvalue weighted by Gasteiger charge is 2.52. The van der Waals surface area contributed by atoms with Gasteiger partial charge in [0.15, 0.2) is 0 Å². The molecule has 0 saturated carbocycles. The average Bonchev–Trinajstić information content (AvgIpc) is 3.27. The van der Waals surface area contributed by atoms with Crippen molar-refractivity contribution in [2.24, 2.45) is 0 Å². The lowest BCUT2D eigenvalue weighted by molar-refractivity contribution is 0.00578. The lowest BCUT2D eigenvalue weighted by atomic mass is 9.79. The summed E-state index contributed by atoms with van der Waals surface area (Å²) >= 11 is 0. The normalized spacial score (nSPS) is 25.4. The summed E-state index contributed by atoms with van der Waals surface area (Å²) in [4.78, 5) is 22.9. The average molecular weight is 427 g/mol. The maximum Gasteiger partial charge on any atom is 0.494 e. The van der Waals surface area contributed by atoms with Crippen molar-refractivity contribution >= 4 is 29.7 Å². The van der Waals surface area contributed by atoms with E-state index in [-0.39, 0.29) is 6.09 Å². The fraction of sp³-hybridized carbons (Fsp3) is 0.652. The standard InChI is InChI=1S/C23H34BN3O4/c1-20(2,3)29-19(28)27-13-9-12-23(27,8)18-25-16-11-10-15(14-17(16)26-18)24-30-21(4,5)22(6,7)31-24/h10-11,14H,9,12-13H2,1-8H3,(H,25,26). The molecule has 1 N–H and O–H groups in total. The van der Waals surface area contributed by atoms with Gasteiger partial charge in [0.1, 0.15) is 17.0 Å². The maximum atomic E-state index is 12.8. The molecular formula is C23H34BN3O4. The zero-order valence-corrected chi connectivity index (χ0v) is 20.0. The highest BCUT2D eigenvalue weighted by atomic mass is 16.7. The van der Waals surface area contributed by atoms with Crippen LogP contribution in [-0.2, 0) is 19.6 Å². The van der Waals surface area contributed by atoms with E-state index < -0.39 is 29.5 Å². The van der Waals surface area contributed by atoms with Gasteiger partial charge in [-0.05, 0) is 85.8 Å². The first-order valence-corrected chi connectivity index (χ1v) is 11.1. The van der Waals surface area contributed by atoms with Crippen molar-refractivity contribution in [3.05, 3.63) is 24.0 Å². The number of hydrogen-bond acceptors (Lipinski definition) is 5. The fourth-order valence-electron chi connectivity index (χ4n) is 4.23. The third-order valence-corrected chi connectivity index (χ3v) is 6.80. The summed E-state index contributed by atoms with van der Waals surface area (Å²) in [7, 11) is -0.429. The molecule has 2 aliphatic heterocycles. The summed E-state index contributed by atoms with van der Waals surface area (Å²) in [5.74, 6) is 0.775. The second kappa shape index (κ2) is 6.97. The quantitative estimate of drug-likeness (QED) is 0.730. The molecule has 2 saturated heterocycles. The Hall–Kier alpha value is -2.06. The lowest BCUT2D eigenvalue weighted by Gasteiger charge is -2.34. The maximum absolute atomic E-state index is 12.8. The number of rotatable bonds is 2. The second-order valence-electron chi connectivity index (χ2n) is 11.0. The first kappa shape index (κ1) is 22.2. The Bertz CT molecular complexity index is 994.